The Morgan fingerprint density at radius 3 is 2.50 bits per heavy atom. The lowest BCUT2D eigenvalue weighted by Gasteiger charge is -2.32. The third kappa shape index (κ3) is 6.17. The molecule has 1 aliphatic rings. The van der Waals surface area contributed by atoms with Crippen LogP contribution in [0.4, 0.5) is 23.0 Å². The van der Waals surface area contributed by atoms with E-state index in [9.17, 15) is 13.2 Å². The van der Waals surface area contributed by atoms with Crippen molar-refractivity contribution in [2.24, 2.45) is 0 Å². The number of likely N-dealkylation sites (N-methyl/N-ethyl adjacent to an activating group) is 2. The molecule has 0 radical (unpaired) electrons. The number of carbonyl (C=O) groups excluding carboxylic acids is 1. The molecule has 0 aliphatic carbocycles. The molecule has 222 valence electrons. The molecular formula is C29H36N8O4S. The molecule has 13 heteroatoms. The van der Waals surface area contributed by atoms with Crippen LogP contribution in [0, 0.1) is 0 Å². The molecule has 4 aromatic rings. The van der Waals surface area contributed by atoms with Crippen molar-refractivity contribution >= 4 is 44.5 Å². The number of aromatic nitrogens is 3. The van der Waals surface area contributed by atoms with Crippen LogP contribution in [0.5, 0.6) is 5.75 Å². The number of anilines is 4. The van der Waals surface area contributed by atoms with E-state index in [1.807, 2.05) is 36.4 Å². The van der Waals surface area contributed by atoms with Crippen LogP contribution in [0.3, 0.4) is 0 Å². The summed E-state index contributed by atoms with van der Waals surface area (Å²) in [6, 6.07) is 16.5. The lowest BCUT2D eigenvalue weighted by atomic mass is 10.1. The van der Waals surface area contributed by atoms with E-state index in [4.69, 9.17) is 9.84 Å². The van der Waals surface area contributed by atoms with Crippen molar-refractivity contribution in [2.45, 2.75) is 0 Å². The number of rotatable bonds is 9. The second-order valence-electron chi connectivity index (χ2n) is 10.4. The van der Waals surface area contributed by atoms with E-state index in [-0.39, 0.29) is 5.91 Å². The highest BCUT2D eigenvalue weighted by molar-refractivity contribution is 7.92. The van der Waals surface area contributed by atoms with Gasteiger partial charge in [0, 0.05) is 57.6 Å². The van der Waals surface area contributed by atoms with Crippen molar-refractivity contribution < 1.29 is 17.9 Å². The molecule has 0 spiro atoms. The molecule has 5 rings (SSSR count). The number of hydrogen-bond donors (Lipinski definition) is 1. The van der Waals surface area contributed by atoms with Gasteiger partial charge in [-0.1, -0.05) is 18.2 Å². The number of ether oxygens (including phenoxy) is 1. The summed E-state index contributed by atoms with van der Waals surface area (Å²) in [7, 11) is 3.49. The summed E-state index contributed by atoms with van der Waals surface area (Å²) in [5.74, 6) is 0.862. The monoisotopic (exact) mass is 592 g/mol. The molecular weight excluding hydrogens is 556 g/mol. The van der Waals surface area contributed by atoms with Crippen molar-refractivity contribution in [1.29, 1.82) is 0 Å². The van der Waals surface area contributed by atoms with Crippen molar-refractivity contribution in [3.63, 3.8) is 0 Å². The predicted molar refractivity (Wildman–Crippen MR) is 165 cm³/mol. The molecule has 1 saturated heterocycles. The number of benzene rings is 2. The van der Waals surface area contributed by atoms with Crippen molar-refractivity contribution in [3.8, 4) is 17.0 Å². The van der Waals surface area contributed by atoms with Gasteiger partial charge < -0.3 is 19.9 Å². The van der Waals surface area contributed by atoms with Gasteiger partial charge in [0.2, 0.25) is 21.9 Å². The van der Waals surface area contributed by atoms with E-state index in [0.717, 1.165) is 31.7 Å². The minimum atomic E-state index is -3.47. The zero-order valence-corrected chi connectivity index (χ0v) is 25.3. The van der Waals surface area contributed by atoms with E-state index < -0.39 is 10.0 Å². The molecule has 0 atom stereocenters. The topological polar surface area (TPSA) is 116 Å². The van der Waals surface area contributed by atoms with Gasteiger partial charge >= 0.3 is 0 Å². The summed E-state index contributed by atoms with van der Waals surface area (Å²) in [6.45, 7) is 4.01. The standard InChI is InChI=1S/C29H36N8O4S/c1-33-14-16-36(17-15-33)20-28(38)34(2)21-10-12-24(27(18-21)41-4)31-29-30-19-22-11-13-26(37(22)32-29)23-8-6-7-9-25(23)35(3)42(5,39)40/h6-13,18-19H,14-17,20H2,1-5H3,(H,31,32). The molecule has 0 unspecified atom stereocenters. The minimum absolute atomic E-state index is 0.0121. The van der Waals surface area contributed by atoms with Crippen LogP contribution in [-0.2, 0) is 14.8 Å². The van der Waals surface area contributed by atoms with Crippen LogP contribution in [0.1, 0.15) is 0 Å². The van der Waals surface area contributed by atoms with Crippen LogP contribution in [0.2, 0.25) is 0 Å². The lowest BCUT2D eigenvalue weighted by molar-refractivity contribution is -0.119. The smallest absolute Gasteiger partial charge is 0.245 e. The Labute approximate surface area is 246 Å². The molecule has 42 heavy (non-hydrogen) atoms. The van der Waals surface area contributed by atoms with Crippen LogP contribution >= 0.6 is 0 Å². The number of nitrogens with one attached hydrogen (secondary N) is 1. The largest absolute Gasteiger partial charge is 0.494 e. The first-order valence-electron chi connectivity index (χ1n) is 13.6. The summed E-state index contributed by atoms with van der Waals surface area (Å²) in [4.78, 5) is 23.5. The quantitative estimate of drug-likeness (QED) is 0.313. The van der Waals surface area contributed by atoms with E-state index in [1.165, 1.54) is 17.6 Å². The van der Waals surface area contributed by atoms with Crippen LogP contribution in [0.25, 0.3) is 16.8 Å². The Kier molecular flexibility index (Phi) is 8.34. The van der Waals surface area contributed by atoms with E-state index in [0.29, 0.717) is 46.6 Å². The Morgan fingerprint density at radius 2 is 1.79 bits per heavy atom. The third-order valence-corrected chi connectivity index (χ3v) is 8.75. The Balaban J connectivity index is 1.38. The predicted octanol–water partition coefficient (Wildman–Crippen LogP) is 2.75. The SMILES string of the molecule is COc1cc(N(C)C(=O)CN2CCN(C)CC2)ccc1Nc1ncc2ccc(-c3ccccc3N(C)S(C)(=O)=O)n2n1. The summed E-state index contributed by atoms with van der Waals surface area (Å²) in [5.41, 5.74) is 4.05. The second-order valence-corrected chi connectivity index (χ2v) is 12.4. The van der Waals surface area contributed by atoms with Gasteiger partial charge in [-0.25, -0.2) is 17.9 Å². The molecule has 1 amide bonds. The first-order valence-corrected chi connectivity index (χ1v) is 15.4. The highest BCUT2D eigenvalue weighted by Gasteiger charge is 2.21. The zero-order valence-electron chi connectivity index (χ0n) is 24.5. The summed E-state index contributed by atoms with van der Waals surface area (Å²) in [6.07, 6.45) is 2.86. The average molecular weight is 593 g/mol. The van der Waals surface area contributed by atoms with E-state index >= 15 is 0 Å². The highest BCUT2D eigenvalue weighted by Crippen LogP contribution is 2.34. The van der Waals surface area contributed by atoms with Gasteiger partial charge in [0.25, 0.3) is 0 Å². The number of carbonyl (C=O) groups is 1. The first kappa shape index (κ1) is 29.3. The minimum Gasteiger partial charge on any atom is -0.494 e. The van der Waals surface area contributed by atoms with Crippen LogP contribution in [-0.4, -0.2) is 106 Å². The number of methoxy groups -OCH3 is 1. The summed E-state index contributed by atoms with van der Waals surface area (Å²) in [5, 5.41) is 7.92. The molecule has 3 heterocycles. The van der Waals surface area contributed by atoms with Gasteiger partial charge in [-0.2, -0.15) is 0 Å². The number of amides is 1. The number of piperazine rings is 1. The van der Waals surface area contributed by atoms with Gasteiger partial charge in [-0.3, -0.25) is 14.0 Å². The fourth-order valence-electron chi connectivity index (χ4n) is 4.87. The maximum Gasteiger partial charge on any atom is 0.245 e. The van der Waals surface area contributed by atoms with Crippen LogP contribution in [0.15, 0.2) is 60.8 Å². The summed E-state index contributed by atoms with van der Waals surface area (Å²) >= 11 is 0. The van der Waals surface area contributed by atoms with Gasteiger partial charge in [-0.05, 0) is 37.4 Å². The normalized spacial score (nSPS) is 14.6. The number of sulfonamides is 1. The van der Waals surface area contributed by atoms with Gasteiger partial charge in [0.05, 0.1) is 48.7 Å². The molecule has 1 fully saturated rings. The van der Waals surface area contributed by atoms with Gasteiger partial charge in [0.15, 0.2) is 0 Å². The zero-order chi connectivity index (χ0) is 30.0. The summed E-state index contributed by atoms with van der Waals surface area (Å²) < 4.78 is 33.2. The number of para-hydroxylation sites is 1. The first-order chi connectivity index (χ1) is 20.0. The maximum absolute atomic E-state index is 13.0. The number of nitrogens with zero attached hydrogens (tertiary/aromatic N) is 7. The highest BCUT2D eigenvalue weighted by atomic mass is 32.2. The number of fused-ring (bicyclic) bond motifs is 1. The molecule has 2 aromatic carbocycles. The van der Waals surface area contributed by atoms with E-state index in [1.54, 1.807) is 48.0 Å². The molecule has 2 aromatic heterocycles. The van der Waals surface area contributed by atoms with Crippen molar-refractivity contribution in [1.82, 2.24) is 24.4 Å². The lowest BCUT2D eigenvalue weighted by Crippen LogP contribution is -2.48. The van der Waals surface area contributed by atoms with Crippen molar-refractivity contribution in [3.05, 3.63) is 60.8 Å². The van der Waals surface area contributed by atoms with Gasteiger partial charge in [0.1, 0.15) is 5.75 Å². The van der Waals surface area contributed by atoms with Crippen molar-refractivity contribution in [2.75, 3.05) is 81.8 Å². The third-order valence-electron chi connectivity index (χ3n) is 7.56. The Bertz CT molecular complexity index is 1700. The average Bonchev–Trinajstić information content (AvgIpc) is 3.40. The molecule has 12 nitrogen and oxygen atoms in total. The Morgan fingerprint density at radius 1 is 1.05 bits per heavy atom. The molecule has 1 N–H and O–H groups in total. The Hall–Kier alpha value is -4.20. The molecule has 0 bridgehead atoms. The van der Waals surface area contributed by atoms with Crippen LogP contribution < -0.4 is 19.3 Å². The fraction of sp³-hybridized carbons (Fsp3) is 0.345. The second kappa shape index (κ2) is 12.0. The maximum atomic E-state index is 13.0. The number of hydrogen-bond acceptors (Lipinski definition) is 9. The van der Waals surface area contributed by atoms with E-state index in [2.05, 4.69) is 27.1 Å². The molecule has 1 aliphatic heterocycles. The van der Waals surface area contributed by atoms with Gasteiger partial charge in [-0.15, -0.1) is 5.10 Å². The molecule has 0 saturated carbocycles. The fourth-order valence-corrected chi connectivity index (χ4v) is 5.38.